The summed E-state index contributed by atoms with van der Waals surface area (Å²) in [5.41, 5.74) is 2.26. The van der Waals surface area contributed by atoms with Gasteiger partial charge in [0.05, 0.1) is 32.0 Å². The van der Waals surface area contributed by atoms with Gasteiger partial charge in [-0.1, -0.05) is 30.7 Å². The minimum Gasteiger partial charge on any atom is -0.493 e. The number of carbonyl (C=O) groups is 1. The van der Waals surface area contributed by atoms with Crippen molar-refractivity contribution in [3.8, 4) is 17.2 Å². The standard InChI is InChI=1S/C29H35N3O4/c1-34-27-11-8-10-26(28(27)35-2)29(33)32(22-24-9-4-5-16-30-24)21-23-12-14-25(15-13-23)36-20-19-31-17-6-3-7-18-31/h4-5,8-16H,3,6-7,17-22H2,1-2H3. The second kappa shape index (κ2) is 12.9. The molecule has 0 bridgehead atoms. The molecule has 1 aromatic heterocycles. The van der Waals surface area contributed by atoms with E-state index in [9.17, 15) is 4.79 Å². The number of para-hydroxylation sites is 1. The number of benzene rings is 2. The number of likely N-dealkylation sites (tertiary alicyclic amines) is 1. The summed E-state index contributed by atoms with van der Waals surface area (Å²) in [5, 5.41) is 0. The van der Waals surface area contributed by atoms with E-state index in [4.69, 9.17) is 14.2 Å². The molecule has 7 heteroatoms. The van der Waals surface area contributed by atoms with Gasteiger partial charge in [-0.3, -0.25) is 14.7 Å². The van der Waals surface area contributed by atoms with E-state index in [1.165, 1.54) is 32.4 Å². The van der Waals surface area contributed by atoms with E-state index < -0.39 is 0 Å². The van der Waals surface area contributed by atoms with Crippen LogP contribution in [0.4, 0.5) is 0 Å². The summed E-state index contributed by atoms with van der Waals surface area (Å²) in [6.45, 7) is 4.76. The van der Waals surface area contributed by atoms with Crippen LogP contribution in [0.15, 0.2) is 66.9 Å². The molecule has 0 aliphatic carbocycles. The van der Waals surface area contributed by atoms with Crippen LogP contribution >= 0.6 is 0 Å². The highest BCUT2D eigenvalue weighted by Crippen LogP contribution is 2.32. The number of aromatic nitrogens is 1. The molecule has 1 aliphatic rings. The smallest absolute Gasteiger partial charge is 0.258 e. The number of hydrogen-bond acceptors (Lipinski definition) is 6. The van der Waals surface area contributed by atoms with Crippen molar-refractivity contribution < 1.29 is 19.0 Å². The third-order valence-electron chi connectivity index (χ3n) is 6.42. The van der Waals surface area contributed by atoms with Crippen molar-refractivity contribution in [3.05, 3.63) is 83.7 Å². The first-order chi connectivity index (χ1) is 17.7. The van der Waals surface area contributed by atoms with Gasteiger partial charge in [0.25, 0.3) is 5.91 Å². The van der Waals surface area contributed by atoms with E-state index in [-0.39, 0.29) is 5.91 Å². The van der Waals surface area contributed by atoms with Crippen LogP contribution in [0, 0.1) is 0 Å². The summed E-state index contributed by atoms with van der Waals surface area (Å²) in [7, 11) is 3.11. The van der Waals surface area contributed by atoms with Crippen molar-refractivity contribution in [2.24, 2.45) is 0 Å². The zero-order valence-electron chi connectivity index (χ0n) is 21.2. The van der Waals surface area contributed by atoms with Gasteiger partial charge in [-0.25, -0.2) is 0 Å². The van der Waals surface area contributed by atoms with E-state index in [1.54, 1.807) is 43.5 Å². The normalized spacial score (nSPS) is 13.7. The van der Waals surface area contributed by atoms with Gasteiger partial charge in [-0.2, -0.15) is 0 Å². The first-order valence-corrected chi connectivity index (χ1v) is 12.5. The van der Waals surface area contributed by atoms with E-state index in [2.05, 4.69) is 9.88 Å². The van der Waals surface area contributed by atoms with Gasteiger partial charge in [0.15, 0.2) is 11.5 Å². The lowest BCUT2D eigenvalue weighted by atomic mass is 10.1. The molecule has 3 aromatic rings. The van der Waals surface area contributed by atoms with Gasteiger partial charge in [-0.05, 0) is 67.9 Å². The van der Waals surface area contributed by atoms with E-state index in [0.29, 0.717) is 36.8 Å². The first kappa shape index (κ1) is 25.5. The molecule has 7 nitrogen and oxygen atoms in total. The fourth-order valence-corrected chi connectivity index (χ4v) is 4.50. The predicted molar refractivity (Wildman–Crippen MR) is 140 cm³/mol. The van der Waals surface area contributed by atoms with Crippen molar-refractivity contribution in [1.82, 2.24) is 14.8 Å². The van der Waals surface area contributed by atoms with Crippen LogP contribution in [-0.4, -0.2) is 61.2 Å². The molecule has 0 spiro atoms. The van der Waals surface area contributed by atoms with Gasteiger partial charge < -0.3 is 19.1 Å². The molecule has 2 aromatic carbocycles. The minimum atomic E-state index is -0.154. The number of pyridine rings is 1. The molecular formula is C29H35N3O4. The number of nitrogens with zero attached hydrogens (tertiary/aromatic N) is 3. The van der Waals surface area contributed by atoms with Crippen LogP contribution < -0.4 is 14.2 Å². The minimum absolute atomic E-state index is 0.154. The average molecular weight is 490 g/mol. The zero-order chi connectivity index (χ0) is 25.2. The number of amides is 1. The zero-order valence-corrected chi connectivity index (χ0v) is 21.2. The Labute approximate surface area is 213 Å². The van der Waals surface area contributed by atoms with Gasteiger partial charge in [0, 0.05) is 19.3 Å². The topological polar surface area (TPSA) is 64.1 Å². The Kier molecular flexibility index (Phi) is 9.16. The molecule has 4 rings (SSSR count). The quantitative estimate of drug-likeness (QED) is 0.385. The molecule has 1 aliphatic heterocycles. The number of methoxy groups -OCH3 is 2. The maximum Gasteiger partial charge on any atom is 0.258 e. The van der Waals surface area contributed by atoms with Crippen molar-refractivity contribution in [1.29, 1.82) is 0 Å². The Bertz CT molecular complexity index is 1100. The lowest BCUT2D eigenvalue weighted by Gasteiger charge is -2.26. The summed E-state index contributed by atoms with van der Waals surface area (Å²) >= 11 is 0. The molecule has 2 heterocycles. The Morgan fingerprint density at radius 2 is 1.72 bits per heavy atom. The second-order valence-corrected chi connectivity index (χ2v) is 8.92. The average Bonchev–Trinajstić information content (AvgIpc) is 2.94. The molecule has 1 saturated heterocycles. The van der Waals surface area contributed by atoms with Crippen molar-refractivity contribution >= 4 is 5.91 Å². The lowest BCUT2D eigenvalue weighted by molar-refractivity contribution is 0.0723. The molecule has 190 valence electrons. The lowest BCUT2D eigenvalue weighted by Crippen LogP contribution is -2.33. The van der Waals surface area contributed by atoms with E-state index in [0.717, 1.165) is 23.6 Å². The Morgan fingerprint density at radius 3 is 2.42 bits per heavy atom. The molecular weight excluding hydrogens is 454 g/mol. The molecule has 1 fully saturated rings. The van der Waals surface area contributed by atoms with Crippen LogP contribution in [0.5, 0.6) is 17.2 Å². The summed E-state index contributed by atoms with van der Waals surface area (Å²) in [6.07, 6.45) is 5.64. The molecule has 0 unspecified atom stereocenters. The summed E-state index contributed by atoms with van der Waals surface area (Å²) in [4.78, 5) is 22.4. The number of piperidine rings is 1. The largest absolute Gasteiger partial charge is 0.493 e. The fraction of sp³-hybridized carbons (Fsp3) is 0.379. The van der Waals surface area contributed by atoms with Gasteiger partial charge in [0.2, 0.25) is 0 Å². The number of carbonyl (C=O) groups excluding carboxylic acids is 1. The van der Waals surface area contributed by atoms with Crippen molar-refractivity contribution in [2.45, 2.75) is 32.4 Å². The van der Waals surface area contributed by atoms with Gasteiger partial charge in [-0.15, -0.1) is 0 Å². The molecule has 36 heavy (non-hydrogen) atoms. The van der Waals surface area contributed by atoms with Crippen LogP contribution in [0.3, 0.4) is 0 Å². The Balaban J connectivity index is 1.46. The Hall–Kier alpha value is -3.58. The molecule has 1 amide bonds. The Morgan fingerprint density at radius 1 is 0.917 bits per heavy atom. The van der Waals surface area contributed by atoms with Crippen molar-refractivity contribution in [2.75, 3.05) is 40.5 Å². The third-order valence-corrected chi connectivity index (χ3v) is 6.42. The monoisotopic (exact) mass is 489 g/mol. The summed E-state index contributed by atoms with van der Waals surface area (Å²) in [6, 6.07) is 19.0. The van der Waals surface area contributed by atoms with Gasteiger partial charge in [0.1, 0.15) is 12.4 Å². The van der Waals surface area contributed by atoms with Crippen LogP contribution in [0.1, 0.15) is 40.9 Å². The molecule has 0 radical (unpaired) electrons. The third kappa shape index (κ3) is 6.76. The fourth-order valence-electron chi connectivity index (χ4n) is 4.50. The van der Waals surface area contributed by atoms with Crippen molar-refractivity contribution in [3.63, 3.8) is 0 Å². The number of rotatable bonds is 11. The maximum atomic E-state index is 13.7. The highest BCUT2D eigenvalue weighted by atomic mass is 16.5. The molecule has 0 atom stereocenters. The predicted octanol–water partition coefficient (Wildman–Crippen LogP) is 4.81. The van der Waals surface area contributed by atoms with Crippen LogP contribution in [-0.2, 0) is 13.1 Å². The highest BCUT2D eigenvalue weighted by Gasteiger charge is 2.23. The van der Waals surface area contributed by atoms with Gasteiger partial charge >= 0.3 is 0 Å². The number of hydrogen-bond donors (Lipinski definition) is 0. The molecule has 0 saturated carbocycles. The maximum absolute atomic E-state index is 13.7. The highest BCUT2D eigenvalue weighted by molar-refractivity contribution is 5.97. The van der Waals surface area contributed by atoms with Crippen LogP contribution in [0.25, 0.3) is 0 Å². The van der Waals surface area contributed by atoms with Crippen LogP contribution in [0.2, 0.25) is 0 Å². The molecule has 0 N–H and O–H groups in total. The number of ether oxygens (including phenoxy) is 3. The first-order valence-electron chi connectivity index (χ1n) is 12.5. The summed E-state index contributed by atoms with van der Waals surface area (Å²) < 4.78 is 16.9. The van der Waals surface area contributed by atoms with E-state index >= 15 is 0 Å². The summed E-state index contributed by atoms with van der Waals surface area (Å²) in [5.74, 6) is 1.63. The second-order valence-electron chi connectivity index (χ2n) is 8.92. The van der Waals surface area contributed by atoms with E-state index in [1.807, 2.05) is 42.5 Å². The SMILES string of the molecule is COc1cccc(C(=O)N(Cc2ccc(OCCN3CCCCC3)cc2)Cc2ccccn2)c1OC.